The molecule has 0 aliphatic carbocycles. The van der Waals surface area contributed by atoms with Crippen molar-refractivity contribution in [1.82, 2.24) is 25.3 Å². The third-order valence-corrected chi connectivity index (χ3v) is 3.66. The van der Waals surface area contributed by atoms with E-state index in [9.17, 15) is 14.4 Å². The normalized spacial score (nSPS) is 14.3. The van der Waals surface area contributed by atoms with E-state index in [-0.39, 0.29) is 24.9 Å². The molecule has 0 spiro atoms. The molecule has 23 heavy (non-hydrogen) atoms. The number of nitrogens with one attached hydrogen (secondary N) is 2. The van der Waals surface area contributed by atoms with Gasteiger partial charge in [-0.25, -0.2) is 4.79 Å². The molecule has 2 heterocycles. The lowest BCUT2D eigenvalue weighted by atomic mass is 10.2. The molecule has 8 heteroatoms. The van der Waals surface area contributed by atoms with Crippen molar-refractivity contribution in [2.45, 2.75) is 13.0 Å². The van der Waals surface area contributed by atoms with Crippen LogP contribution < -0.4 is 10.6 Å². The Labute approximate surface area is 132 Å². The number of fused-ring (bicyclic) bond motifs is 1. The van der Waals surface area contributed by atoms with Gasteiger partial charge in [-0.15, -0.1) is 0 Å². The molecule has 1 aliphatic heterocycles. The van der Waals surface area contributed by atoms with Crippen molar-refractivity contribution >= 4 is 28.7 Å². The lowest BCUT2D eigenvalue weighted by Crippen LogP contribution is -2.41. The second kappa shape index (κ2) is 6.47. The van der Waals surface area contributed by atoms with Crippen LogP contribution in [-0.4, -0.2) is 52.2 Å². The molecule has 1 fully saturated rings. The molecule has 3 rings (SSSR count). The smallest absolute Gasteiger partial charge is 0.325 e. The minimum Gasteiger partial charge on any atom is -0.354 e. The summed E-state index contributed by atoms with van der Waals surface area (Å²) in [5, 5.41) is 10.5. The first kappa shape index (κ1) is 15.0. The molecule has 0 radical (unpaired) electrons. The van der Waals surface area contributed by atoms with Crippen LogP contribution in [0, 0.1) is 0 Å². The minimum absolute atomic E-state index is 0.0432. The topological polar surface area (TPSA) is 96.3 Å². The highest BCUT2D eigenvalue weighted by Crippen LogP contribution is 2.12. The van der Waals surface area contributed by atoms with Crippen LogP contribution in [0.1, 0.15) is 6.42 Å². The molecule has 1 aromatic carbocycles. The highest BCUT2D eigenvalue weighted by Gasteiger charge is 2.29. The highest BCUT2D eigenvalue weighted by molar-refractivity contribution is 6.04. The molecular formula is C15H17N5O3. The molecule has 1 aromatic heterocycles. The molecule has 0 unspecified atom stereocenters. The zero-order chi connectivity index (χ0) is 16.2. The van der Waals surface area contributed by atoms with E-state index < -0.39 is 6.03 Å². The van der Waals surface area contributed by atoms with Crippen molar-refractivity contribution < 1.29 is 14.4 Å². The van der Waals surface area contributed by atoms with Crippen LogP contribution in [0.2, 0.25) is 0 Å². The van der Waals surface area contributed by atoms with E-state index in [1.807, 2.05) is 35.1 Å². The maximum Gasteiger partial charge on any atom is 0.325 e. The molecule has 4 amide bonds. The van der Waals surface area contributed by atoms with Crippen molar-refractivity contribution in [3.63, 3.8) is 0 Å². The first-order chi connectivity index (χ1) is 11.1. The number of rotatable bonds is 6. The number of urea groups is 1. The second-order valence-electron chi connectivity index (χ2n) is 5.27. The van der Waals surface area contributed by atoms with Gasteiger partial charge in [0.25, 0.3) is 5.91 Å². The zero-order valence-corrected chi connectivity index (χ0v) is 12.5. The number of para-hydroxylation sites is 1. The number of benzene rings is 1. The number of carbonyl (C=O) groups excluding carboxylic acids is 3. The van der Waals surface area contributed by atoms with E-state index in [2.05, 4.69) is 15.7 Å². The van der Waals surface area contributed by atoms with E-state index in [0.29, 0.717) is 19.5 Å². The summed E-state index contributed by atoms with van der Waals surface area (Å²) in [4.78, 5) is 35.4. The molecule has 1 aliphatic rings. The molecular weight excluding hydrogens is 298 g/mol. The number of hydrogen-bond donors (Lipinski definition) is 2. The van der Waals surface area contributed by atoms with E-state index in [4.69, 9.17) is 0 Å². The number of aromatic nitrogens is 2. The van der Waals surface area contributed by atoms with Gasteiger partial charge in [0.2, 0.25) is 5.91 Å². The van der Waals surface area contributed by atoms with Crippen LogP contribution in [0.3, 0.4) is 0 Å². The van der Waals surface area contributed by atoms with Gasteiger partial charge in [0.05, 0.1) is 18.3 Å². The maximum absolute atomic E-state index is 11.8. The Hall–Kier alpha value is -2.90. The second-order valence-corrected chi connectivity index (χ2v) is 5.27. The van der Waals surface area contributed by atoms with Gasteiger partial charge in [-0.05, 0) is 12.5 Å². The molecule has 1 saturated heterocycles. The Morgan fingerprint density at radius 3 is 2.91 bits per heavy atom. The van der Waals surface area contributed by atoms with Gasteiger partial charge < -0.3 is 10.6 Å². The standard InChI is InChI=1S/C15H17N5O3/c21-13(10-19-14(22)9-17-15(19)23)16-6-3-7-20-12-5-2-1-4-11(12)8-18-20/h1-2,4-5,8H,3,6-7,9-10H2,(H,16,21)(H,17,23). The highest BCUT2D eigenvalue weighted by atomic mass is 16.2. The fraction of sp³-hybridized carbons (Fsp3) is 0.333. The summed E-state index contributed by atoms with van der Waals surface area (Å²) in [6, 6.07) is 7.40. The quantitative estimate of drug-likeness (QED) is 0.583. The molecule has 2 N–H and O–H groups in total. The zero-order valence-electron chi connectivity index (χ0n) is 12.5. The van der Waals surface area contributed by atoms with Crippen LogP contribution in [0.4, 0.5) is 4.79 Å². The number of carbonyl (C=O) groups is 3. The number of hydrogen-bond acceptors (Lipinski definition) is 4. The average molecular weight is 315 g/mol. The lowest BCUT2D eigenvalue weighted by Gasteiger charge is -2.12. The lowest BCUT2D eigenvalue weighted by molar-refractivity contribution is -0.130. The Bertz CT molecular complexity index is 738. The Morgan fingerprint density at radius 2 is 2.13 bits per heavy atom. The Morgan fingerprint density at radius 1 is 1.30 bits per heavy atom. The minimum atomic E-state index is -0.520. The van der Waals surface area contributed by atoms with E-state index in [1.54, 1.807) is 0 Å². The summed E-state index contributed by atoms with van der Waals surface area (Å²) in [6.07, 6.45) is 2.52. The van der Waals surface area contributed by atoms with Crippen molar-refractivity contribution in [3.05, 3.63) is 30.5 Å². The van der Waals surface area contributed by atoms with Gasteiger partial charge in [-0.3, -0.25) is 19.2 Å². The fourth-order valence-corrected chi connectivity index (χ4v) is 2.48. The van der Waals surface area contributed by atoms with E-state index in [0.717, 1.165) is 15.8 Å². The predicted molar refractivity (Wildman–Crippen MR) is 82.5 cm³/mol. The van der Waals surface area contributed by atoms with E-state index >= 15 is 0 Å². The van der Waals surface area contributed by atoms with Gasteiger partial charge in [-0.1, -0.05) is 18.2 Å². The number of aryl methyl sites for hydroxylation is 1. The monoisotopic (exact) mass is 315 g/mol. The Kier molecular flexibility index (Phi) is 4.22. The maximum atomic E-state index is 11.8. The molecule has 0 saturated carbocycles. The van der Waals surface area contributed by atoms with Crippen molar-refractivity contribution in [2.75, 3.05) is 19.6 Å². The summed E-state index contributed by atoms with van der Waals surface area (Å²) in [5.41, 5.74) is 1.05. The van der Waals surface area contributed by atoms with Gasteiger partial charge in [0.1, 0.15) is 6.54 Å². The molecule has 120 valence electrons. The average Bonchev–Trinajstić information content (AvgIpc) is 3.10. The van der Waals surface area contributed by atoms with E-state index in [1.165, 1.54) is 0 Å². The molecule has 8 nitrogen and oxygen atoms in total. The van der Waals surface area contributed by atoms with Crippen LogP contribution in [0.5, 0.6) is 0 Å². The molecule has 2 aromatic rings. The summed E-state index contributed by atoms with van der Waals surface area (Å²) in [7, 11) is 0. The number of imide groups is 1. The van der Waals surface area contributed by atoms with Crippen LogP contribution in [0.15, 0.2) is 30.5 Å². The van der Waals surface area contributed by atoms with Crippen LogP contribution in [-0.2, 0) is 16.1 Å². The summed E-state index contributed by atoms with van der Waals surface area (Å²) in [6.45, 7) is 0.849. The molecule has 0 atom stereocenters. The third-order valence-electron chi connectivity index (χ3n) is 3.66. The number of amides is 4. The third kappa shape index (κ3) is 3.31. The largest absolute Gasteiger partial charge is 0.354 e. The summed E-state index contributed by atoms with van der Waals surface area (Å²) >= 11 is 0. The Balaban J connectivity index is 1.44. The van der Waals surface area contributed by atoms with Gasteiger partial charge >= 0.3 is 6.03 Å². The predicted octanol–water partition coefficient (Wildman–Crippen LogP) is 0.0944. The summed E-state index contributed by atoms with van der Waals surface area (Å²) in [5.74, 6) is -0.728. The van der Waals surface area contributed by atoms with Crippen molar-refractivity contribution in [3.8, 4) is 0 Å². The number of nitrogens with zero attached hydrogens (tertiary/aromatic N) is 3. The summed E-state index contributed by atoms with van der Waals surface area (Å²) < 4.78 is 1.89. The first-order valence-electron chi connectivity index (χ1n) is 7.40. The van der Waals surface area contributed by atoms with Crippen LogP contribution >= 0.6 is 0 Å². The van der Waals surface area contributed by atoms with Gasteiger partial charge in [-0.2, -0.15) is 5.10 Å². The SMILES string of the molecule is O=C(CN1C(=O)CNC1=O)NCCCn1ncc2ccccc21. The van der Waals surface area contributed by atoms with Gasteiger partial charge in [0, 0.05) is 18.5 Å². The van der Waals surface area contributed by atoms with Crippen LogP contribution in [0.25, 0.3) is 10.9 Å². The first-order valence-corrected chi connectivity index (χ1v) is 7.40. The van der Waals surface area contributed by atoms with Gasteiger partial charge in [0.15, 0.2) is 0 Å². The van der Waals surface area contributed by atoms with Crippen molar-refractivity contribution in [2.24, 2.45) is 0 Å². The fourth-order valence-electron chi connectivity index (χ4n) is 2.48. The molecule has 0 bridgehead atoms. The van der Waals surface area contributed by atoms with Crippen molar-refractivity contribution in [1.29, 1.82) is 0 Å².